The minimum Gasteiger partial charge on any atom is -0.444 e. The monoisotopic (exact) mass is 443 g/mol. The fourth-order valence-electron chi connectivity index (χ4n) is 3.78. The Kier molecular flexibility index (Phi) is 8.88. The smallest absolute Gasteiger partial charge is 0.407 e. The van der Waals surface area contributed by atoms with Crippen molar-refractivity contribution in [2.75, 3.05) is 31.6 Å². The van der Waals surface area contributed by atoms with E-state index in [1.165, 1.54) is 0 Å². The summed E-state index contributed by atoms with van der Waals surface area (Å²) in [4.78, 5) is 33.4. The Balaban J connectivity index is 1.82. The number of hydrogen-bond donors (Lipinski definition) is 1. The number of amides is 2. The van der Waals surface area contributed by atoms with Crippen LogP contribution in [0.25, 0.3) is 0 Å². The van der Waals surface area contributed by atoms with E-state index in [1.807, 2.05) is 33.9 Å². The van der Waals surface area contributed by atoms with Crippen LogP contribution in [0, 0.1) is 23.2 Å². The summed E-state index contributed by atoms with van der Waals surface area (Å²) in [6, 6.07) is 5.64. The fourth-order valence-corrected chi connectivity index (χ4v) is 3.78. The summed E-state index contributed by atoms with van der Waals surface area (Å²) < 4.78 is 5.37. The van der Waals surface area contributed by atoms with Gasteiger partial charge in [-0.25, -0.2) is 9.78 Å². The van der Waals surface area contributed by atoms with Crippen molar-refractivity contribution in [3.8, 4) is 6.07 Å². The number of rotatable bonds is 7. The molecule has 0 saturated carbocycles. The Morgan fingerprint density at radius 2 is 1.97 bits per heavy atom. The number of nitrogens with zero attached hydrogens (tertiary/aromatic N) is 4. The number of hydrogen-bond acceptors (Lipinski definition) is 6. The SMILES string of the molecule is CC(C)C(CCN(C)C(=O)C1CCN(c2ccc(C#N)cn2)CC1)NC(=O)OC(C)(C)C. The van der Waals surface area contributed by atoms with Gasteiger partial charge in [-0.05, 0) is 58.1 Å². The minimum atomic E-state index is -0.541. The Morgan fingerprint density at radius 1 is 1.31 bits per heavy atom. The quantitative estimate of drug-likeness (QED) is 0.692. The van der Waals surface area contributed by atoms with Gasteiger partial charge in [0.2, 0.25) is 5.91 Å². The van der Waals surface area contributed by atoms with E-state index in [-0.39, 0.29) is 23.8 Å². The predicted octanol–water partition coefficient (Wildman–Crippen LogP) is 3.57. The molecule has 8 heteroatoms. The Hall–Kier alpha value is -2.82. The molecule has 0 aliphatic carbocycles. The van der Waals surface area contributed by atoms with E-state index in [0.717, 1.165) is 31.7 Å². The van der Waals surface area contributed by atoms with Gasteiger partial charge in [0.15, 0.2) is 0 Å². The number of carbonyl (C=O) groups is 2. The summed E-state index contributed by atoms with van der Waals surface area (Å²) in [6.07, 6.45) is 3.38. The molecular formula is C24H37N5O3. The largest absolute Gasteiger partial charge is 0.444 e. The molecule has 1 aliphatic rings. The molecule has 32 heavy (non-hydrogen) atoms. The number of pyridine rings is 1. The molecule has 0 aromatic carbocycles. The average Bonchev–Trinajstić information content (AvgIpc) is 2.74. The molecule has 1 fully saturated rings. The van der Waals surface area contributed by atoms with Crippen molar-refractivity contribution in [2.45, 2.75) is 65.5 Å². The molecule has 2 rings (SSSR count). The fraction of sp³-hybridized carbons (Fsp3) is 0.667. The van der Waals surface area contributed by atoms with Gasteiger partial charge >= 0.3 is 6.09 Å². The first kappa shape index (κ1) is 25.4. The van der Waals surface area contributed by atoms with Gasteiger partial charge in [0.1, 0.15) is 17.5 Å². The van der Waals surface area contributed by atoms with Gasteiger partial charge in [0.05, 0.1) is 5.56 Å². The first-order chi connectivity index (χ1) is 15.0. The number of piperidine rings is 1. The van der Waals surface area contributed by atoms with Gasteiger partial charge in [0, 0.05) is 44.8 Å². The topological polar surface area (TPSA) is 98.6 Å². The molecule has 1 aromatic heterocycles. The highest BCUT2D eigenvalue weighted by molar-refractivity contribution is 5.79. The summed E-state index contributed by atoms with van der Waals surface area (Å²) in [7, 11) is 1.84. The normalized spacial score (nSPS) is 15.8. The van der Waals surface area contributed by atoms with Crippen molar-refractivity contribution in [1.82, 2.24) is 15.2 Å². The summed E-state index contributed by atoms with van der Waals surface area (Å²) in [5, 5.41) is 11.9. The van der Waals surface area contributed by atoms with Gasteiger partial charge < -0.3 is 19.9 Å². The van der Waals surface area contributed by atoms with Crippen LogP contribution in [0.5, 0.6) is 0 Å². The zero-order valence-electron chi connectivity index (χ0n) is 20.2. The first-order valence-corrected chi connectivity index (χ1v) is 11.4. The molecule has 176 valence electrons. The van der Waals surface area contributed by atoms with Crippen LogP contribution in [0.3, 0.4) is 0 Å². The van der Waals surface area contributed by atoms with Gasteiger partial charge in [-0.1, -0.05) is 13.8 Å². The molecule has 0 radical (unpaired) electrons. The molecule has 0 spiro atoms. The van der Waals surface area contributed by atoms with Crippen LogP contribution in [-0.2, 0) is 9.53 Å². The second-order valence-electron chi connectivity index (χ2n) is 9.82. The molecule has 2 amide bonds. The van der Waals surface area contributed by atoms with Crippen molar-refractivity contribution >= 4 is 17.8 Å². The molecule has 1 unspecified atom stereocenters. The second kappa shape index (κ2) is 11.2. The third kappa shape index (κ3) is 7.70. The molecular weight excluding hydrogens is 406 g/mol. The lowest BCUT2D eigenvalue weighted by Gasteiger charge is -2.34. The number of alkyl carbamates (subject to hydrolysis) is 1. The predicted molar refractivity (Wildman–Crippen MR) is 124 cm³/mol. The van der Waals surface area contributed by atoms with Crippen molar-refractivity contribution in [3.05, 3.63) is 23.9 Å². The molecule has 8 nitrogen and oxygen atoms in total. The number of ether oxygens (including phenoxy) is 1. The van der Waals surface area contributed by atoms with Crippen LogP contribution in [0.4, 0.5) is 10.6 Å². The molecule has 1 atom stereocenters. The lowest BCUT2D eigenvalue weighted by atomic mass is 9.94. The van der Waals surface area contributed by atoms with Crippen molar-refractivity contribution in [3.63, 3.8) is 0 Å². The maximum absolute atomic E-state index is 13.0. The van der Waals surface area contributed by atoms with Crippen LogP contribution in [-0.4, -0.2) is 60.2 Å². The van der Waals surface area contributed by atoms with E-state index >= 15 is 0 Å². The van der Waals surface area contributed by atoms with E-state index in [4.69, 9.17) is 10.00 Å². The highest BCUT2D eigenvalue weighted by Gasteiger charge is 2.28. The molecule has 1 aromatic rings. The lowest BCUT2D eigenvalue weighted by molar-refractivity contribution is -0.135. The standard InChI is InChI=1S/C24H37N5O3/c1-17(2)20(27-23(31)32-24(3,4)5)11-12-28(6)22(30)19-9-13-29(14-10-19)21-8-7-18(15-25)16-26-21/h7-8,16-17,19-20H,9-14H2,1-6H3,(H,27,31). The lowest BCUT2D eigenvalue weighted by Crippen LogP contribution is -2.45. The summed E-state index contributed by atoms with van der Waals surface area (Å²) in [6.45, 7) is 11.7. The number of carbonyl (C=O) groups excluding carboxylic acids is 2. The third-order valence-corrected chi connectivity index (χ3v) is 5.70. The number of nitriles is 1. The molecule has 0 bridgehead atoms. The Bertz CT molecular complexity index is 802. The third-order valence-electron chi connectivity index (χ3n) is 5.70. The van der Waals surface area contributed by atoms with E-state index in [0.29, 0.717) is 18.5 Å². The highest BCUT2D eigenvalue weighted by Crippen LogP contribution is 2.23. The molecule has 1 N–H and O–H groups in total. The maximum Gasteiger partial charge on any atom is 0.407 e. The maximum atomic E-state index is 13.0. The van der Waals surface area contributed by atoms with Crippen LogP contribution in [0.1, 0.15) is 59.4 Å². The Morgan fingerprint density at radius 3 is 2.47 bits per heavy atom. The van der Waals surface area contributed by atoms with Crippen molar-refractivity contribution in [1.29, 1.82) is 5.26 Å². The van der Waals surface area contributed by atoms with Gasteiger partial charge in [-0.15, -0.1) is 0 Å². The summed E-state index contributed by atoms with van der Waals surface area (Å²) in [5.74, 6) is 1.22. The van der Waals surface area contributed by atoms with E-state index < -0.39 is 11.7 Å². The minimum absolute atomic E-state index is 0.00838. The molecule has 1 aliphatic heterocycles. The highest BCUT2D eigenvalue weighted by atomic mass is 16.6. The van der Waals surface area contributed by atoms with Gasteiger partial charge in [0.25, 0.3) is 0 Å². The first-order valence-electron chi connectivity index (χ1n) is 11.4. The average molecular weight is 444 g/mol. The zero-order valence-corrected chi connectivity index (χ0v) is 20.2. The molecule has 2 heterocycles. The van der Waals surface area contributed by atoms with Crippen LogP contribution in [0.15, 0.2) is 18.3 Å². The zero-order chi connectivity index (χ0) is 23.9. The van der Waals surface area contributed by atoms with E-state index in [1.54, 1.807) is 17.2 Å². The van der Waals surface area contributed by atoms with Gasteiger partial charge in [-0.2, -0.15) is 5.26 Å². The van der Waals surface area contributed by atoms with E-state index in [9.17, 15) is 9.59 Å². The van der Waals surface area contributed by atoms with Crippen molar-refractivity contribution < 1.29 is 14.3 Å². The Labute approximate surface area is 191 Å². The number of anilines is 1. The van der Waals surface area contributed by atoms with Crippen LogP contribution < -0.4 is 10.2 Å². The van der Waals surface area contributed by atoms with Crippen LogP contribution >= 0.6 is 0 Å². The van der Waals surface area contributed by atoms with Crippen molar-refractivity contribution in [2.24, 2.45) is 11.8 Å². The second-order valence-corrected chi connectivity index (χ2v) is 9.82. The number of aromatic nitrogens is 1. The summed E-state index contributed by atoms with van der Waals surface area (Å²) >= 11 is 0. The number of nitrogens with one attached hydrogen (secondary N) is 1. The van der Waals surface area contributed by atoms with E-state index in [2.05, 4.69) is 35.1 Å². The molecule has 1 saturated heterocycles. The summed E-state index contributed by atoms with van der Waals surface area (Å²) in [5.41, 5.74) is 0.00171. The van der Waals surface area contributed by atoms with Crippen LogP contribution in [0.2, 0.25) is 0 Å². The van der Waals surface area contributed by atoms with Gasteiger partial charge in [-0.3, -0.25) is 4.79 Å².